The van der Waals surface area contributed by atoms with Crippen molar-refractivity contribution >= 4 is 23.3 Å². The van der Waals surface area contributed by atoms with E-state index in [-0.39, 0.29) is 17.4 Å². The van der Waals surface area contributed by atoms with Crippen LogP contribution < -0.4 is 9.64 Å². The molecule has 0 radical (unpaired) electrons. The van der Waals surface area contributed by atoms with Gasteiger partial charge in [0.15, 0.2) is 6.10 Å². The zero-order chi connectivity index (χ0) is 33.1. The highest BCUT2D eigenvalue weighted by atomic mass is 16.6. The Balaban J connectivity index is 1.44. The third-order valence-electron chi connectivity index (χ3n) is 8.09. The number of hydrogen-bond donors (Lipinski definition) is 0. The van der Waals surface area contributed by atoms with E-state index < -0.39 is 6.10 Å². The Morgan fingerprint density at radius 3 is 2.20 bits per heavy atom. The largest absolute Gasteiger partial charge is 0.492 e. The number of hydrogen-bond acceptors (Lipinski definition) is 9. The van der Waals surface area contributed by atoms with Gasteiger partial charge in [-0.1, -0.05) is 49.3 Å². The van der Waals surface area contributed by atoms with Crippen LogP contribution in [0.15, 0.2) is 71.9 Å². The zero-order valence-electron chi connectivity index (χ0n) is 27.8. The molecule has 0 aliphatic carbocycles. The van der Waals surface area contributed by atoms with Gasteiger partial charge >= 0.3 is 11.9 Å². The topological polar surface area (TPSA) is 95.9 Å². The number of rotatable bonds is 15. The molecular formula is C37H46N2O7. The van der Waals surface area contributed by atoms with E-state index in [4.69, 9.17) is 23.8 Å². The summed E-state index contributed by atoms with van der Waals surface area (Å²) in [6.07, 6.45) is 0.824. The molecule has 3 aromatic rings. The van der Waals surface area contributed by atoms with Crippen molar-refractivity contribution in [3.8, 4) is 5.75 Å². The smallest absolute Gasteiger partial charge is 0.338 e. The fraction of sp³-hybridized carbons (Fsp3) is 0.432. The Labute approximate surface area is 272 Å². The van der Waals surface area contributed by atoms with E-state index in [1.165, 1.54) is 18.4 Å². The van der Waals surface area contributed by atoms with Crippen molar-refractivity contribution in [2.75, 3.05) is 51.5 Å². The van der Waals surface area contributed by atoms with Gasteiger partial charge in [0.1, 0.15) is 25.2 Å². The van der Waals surface area contributed by atoms with Crippen molar-refractivity contribution in [2.45, 2.75) is 59.0 Å². The molecule has 0 N–H and O–H groups in total. The van der Waals surface area contributed by atoms with Crippen LogP contribution in [0.5, 0.6) is 5.75 Å². The maximum absolute atomic E-state index is 12.2. The highest BCUT2D eigenvalue weighted by Crippen LogP contribution is 2.40. The molecular weight excluding hydrogens is 584 g/mol. The monoisotopic (exact) mass is 630 g/mol. The first-order valence-electron chi connectivity index (χ1n) is 16.0. The van der Waals surface area contributed by atoms with Gasteiger partial charge in [0.05, 0.1) is 25.3 Å². The molecule has 246 valence electrons. The average Bonchev–Trinajstić information content (AvgIpc) is 3.05. The molecule has 1 heterocycles. The molecule has 1 atom stereocenters. The third kappa shape index (κ3) is 8.66. The number of fused-ring (bicyclic) bond motifs is 1. The molecule has 9 nitrogen and oxygen atoms in total. The fourth-order valence-electron chi connectivity index (χ4n) is 5.60. The molecule has 1 unspecified atom stereocenters. The Morgan fingerprint density at radius 2 is 1.54 bits per heavy atom. The minimum absolute atomic E-state index is 0.0343. The molecule has 9 heteroatoms. The summed E-state index contributed by atoms with van der Waals surface area (Å²) in [5, 5.41) is 4.36. The normalized spacial score (nSPS) is 14.7. The van der Waals surface area contributed by atoms with Crippen LogP contribution in [0.4, 0.5) is 5.69 Å². The molecule has 0 saturated carbocycles. The molecule has 3 aromatic carbocycles. The van der Waals surface area contributed by atoms with Gasteiger partial charge < -0.3 is 28.7 Å². The number of carbonyl (C=O) groups is 2. The number of benzene rings is 3. The molecule has 0 saturated heterocycles. The van der Waals surface area contributed by atoms with E-state index in [1.807, 2.05) is 43.3 Å². The third-order valence-corrected chi connectivity index (χ3v) is 8.09. The average molecular weight is 631 g/mol. The molecule has 0 bridgehead atoms. The van der Waals surface area contributed by atoms with Crippen molar-refractivity contribution in [2.24, 2.45) is 5.16 Å². The van der Waals surface area contributed by atoms with Crippen LogP contribution in [0.1, 0.15) is 73.7 Å². The Bertz CT molecular complexity index is 1480. The first-order valence-corrected chi connectivity index (χ1v) is 16.0. The summed E-state index contributed by atoms with van der Waals surface area (Å²) < 4.78 is 22.0. The number of ether oxygens (including phenoxy) is 4. The van der Waals surface area contributed by atoms with E-state index in [0.29, 0.717) is 44.1 Å². The summed E-state index contributed by atoms with van der Waals surface area (Å²) in [5.41, 5.74) is 6.31. The zero-order valence-corrected chi connectivity index (χ0v) is 27.8. The molecule has 0 amide bonds. The maximum Gasteiger partial charge on any atom is 0.338 e. The van der Waals surface area contributed by atoms with Gasteiger partial charge in [-0.3, -0.25) is 0 Å². The van der Waals surface area contributed by atoms with Gasteiger partial charge in [0.25, 0.3) is 0 Å². The Hall–Kier alpha value is -4.37. The molecule has 46 heavy (non-hydrogen) atoms. The first kappa shape index (κ1) is 34.5. The maximum atomic E-state index is 12.2. The highest BCUT2D eigenvalue weighted by Gasteiger charge is 2.32. The number of oxime groups is 1. The summed E-state index contributed by atoms with van der Waals surface area (Å²) in [7, 11) is 1.53. The van der Waals surface area contributed by atoms with Gasteiger partial charge in [0, 0.05) is 36.4 Å². The molecule has 0 fully saturated rings. The van der Waals surface area contributed by atoms with Crippen LogP contribution >= 0.6 is 0 Å². The van der Waals surface area contributed by atoms with Crippen LogP contribution in [-0.4, -0.2) is 70.4 Å². The second-order valence-corrected chi connectivity index (χ2v) is 11.7. The number of carbonyl (C=O) groups excluding carboxylic acids is 2. The molecule has 0 aromatic heterocycles. The molecule has 1 aliphatic heterocycles. The Kier molecular flexibility index (Phi) is 12.2. The van der Waals surface area contributed by atoms with Gasteiger partial charge in [-0.05, 0) is 80.1 Å². The summed E-state index contributed by atoms with van der Waals surface area (Å²) in [4.78, 5) is 32.0. The predicted molar refractivity (Wildman–Crippen MR) is 179 cm³/mol. The number of esters is 2. The molecule has 4 rings (SSSR count). The quantitative estimate of drug-likeness (QED) is 0.109. The minimum atomic E-state index is -0.616. The lowest BCUT2D eigenvalue weighted by Crippen LogP contribution is -2.39. The SMILES string of the molecule is CCOC(=O)c1ccc(C(=NOC)c2ccc3c(c2)C(C)(C)CCN3CCOc2ccc(CC(OCC)C(=O)OCC)cc2)cc1. The van der Waals surface area contributed by atoms with Crippen molar-refractivity contribution in [3.05, 3.63) is 94.5 Å². The molecule has 1 aliphatic rings. The van der Waals surface area contributed by atoms with Crippen molar-refractivity contribution in [1.82, 2.24) is 0 Å². The summed E-state index contributed by atoms with van der Waals surface area (Å²) in [5.74, 6) is 0.0846. The first-order chi connectivity index (χ1) is 22.2. The van der Waals surface area contributed by atoms with Gasteiger partial charge in [-0.2, -0.15) is 0 Å². The van der Waals surface area contributed by atoms with Gasteiger partial charge in [-0.15, -0.1) is 0 Å². The standard InChI is InChI=1S/C37H46N2O7/c1-7-43-33(36(41)45-9-3)24-26-10-17-30(18-11-26)46-23-22-39-21-20-37(4,5)31-25-29(16-19-32(31)39)34(38-42-6)27-12-14-28(15-13-27)35(40)44-8-2/h10-19,25,33H,7-9,20-24H2,1-6H3. The Morgan fingerprint density at radius 1 is 0.870 bits per heavy atom. The van der Waals surface area contributed by atoms with E-state index in [9.17, 15) is 9.59 Å². The lowest BCUT2D eigenvalue weighted by molar-refractivity contribution is -0.156. The summed E-state index contributed by atoms with van der Waals surface area (Å²) in [6.45, 7) is 13.2. The lowest BCUT2D eigenvalue weighted by atomic mass is 9.76. The van der Waals surface area contributed by atoms with E-state index in [2.05, 4.69) is 42.1 Å². The summed E-state index contributed by atoms with van der Waals surface area (Å²) in [6, 6.07) is 21.4. The second kappa shape index (κ2) is 16.3. The van der Waals surface area contributed by atoms with Crippen LogP contribution in [0.25, 0.3) is 0 Å². The van der Waals surface area contributed by atoms with E-state index >= 15 is 0 Å². The van der Waals surface area contributed by atoms with Gasteiger partial charge in [0.2, 0.25) is 0 Å². The van der Waals surface area contributed by atoms with E-state index in [0.717, 1.165) is 42.0 Å². The van der Waals surface area contributed by atoms with Crippen molar-refractivity contribution in [3.63, 3.8) is 0 Å². The van der Waals surface area contributed by atoms with Crippen LogP contribution in [0, 0.1) is 0 Å². The van der Waals surface area contributed by atoms with Crippen molar-refractivity contribution in [1.29, 1.82) is 0 Å². The summed E-state index contributed by atoms with van der Waals surface area (Å²) >= 11 is 0. The van der Waals surface area contributed by atoms with Crippen molar-refractivity contribution < 1.29 is 33.4 Å². The predicted octanol–water partition coefficient (Wildman–Crippen LogP) is 6.34. The van der Waals surface area contributed by atoms with E-state index in [1.54, 1.807) is 26.0 Å². The van der Waals surface area contributed by atoms with Gasteiger partial charge in [-0.25, -0.2) is 9.59 Å². The second-order valence-electron chi connectivity index (χ2n) is 11.7. The number of nitrogens with zero attached hydrogens (tertiary/aromatic N) is 2. The number of anilines is 1. The fourth-order valence-corrected chi connectivity index (χ4v) is 5.60. The molecule has 0 spiro atoms. The lowest BCUT2D eigenvalue weighted by Gasteiger charge is -2.40. The van der Waals surface area contributed by atoms with Crippen LogP contribution in [0.2, 0.25) is 0 Å². The van der Waals surface area contributed by atoms with Crippen LogP contribution in [-0.2, 0) is 35.7 Å². The van der Waals surface area contributed by atoms with Crippen LogP contribution in [0.3, 0.4) is 0 Å². The minimum Gasteiger partial charge on any atom is -0.492 e. The highest BCUT2D eigenvalue weighted by molar-refractivity contribution is 6.13.